The molecule has 0 radical (unpaired) electrons. The molecule has 2 rings (SSSR count). The smallest absolute Gasteiger partial charge is 0.327 e. The van der Waals surface area contributed by atoms with Crippen LogP contribution in [0.1, 0.15) is 6.92 Å². The Balaban J connectivity index is 2.65. The molecular weight excluding hydrogens is 335 g/mol. The molecule has 0 aromatic heterocycles. The lowest BCUT2D eigenvalue weighted by Crippen LogP contribution is -2.64. The van der Waals surface area contributed by atoms with Gasteiger partial charge in [0, 0.05) is 5.70 Å². The first-order valence-corrected chi connectivity index (χ1v) is 7.63. The van der Waals surface area contributed by atoms with Crippen LogP contribution in [-0.2, 0) is 14.8 Å². The molecule has 0 unspecified atom stereocenters. The minimum absolute atomic E-state index is 0.356. The molecule has 0 bridgehead atoms. The van der Waals surface area contributed by atoms with Crippen molar-refractivity contribution in [2.75, 3.05) is 0 Å². The van der Waals surface area contributed by atoms with E-state index in [0.717, 1.165) is 19.1 Å². The van der Waals surface area contributed by atoms with Gasteiger partial charge in [0.2, 0.25) is 15.6 Å². The Kier molecular flexibility index (Phi) is 3.96. The number of nitrogens with one attached hydrogen (secondary N) is 2. The zero-order chi connectivity index (χ0) is 17.5. The molecule has 122 valence electrons. The van der Waals surface area contributed by atoms with Crippen LogP contribution in [0.15, 0.2) is 46.5 Å². The Morgan fingerprint density at radius 1 is 1.26 bits per heavy atom. The fraction of sp³-hybridized carbons (Fsp3) is 0.231. The third-order valence-corrected chi connectivity index (χ3v) is 4.74. The number of amides is 1. The number of carbonyl (C=O) groups excluding carboxylic acids is 1. The number of halogens is 3. The van der Waals surface area contributed by atoms with E-state index in [9.17, 15) is 26.4 Å². The minimum Gasteiger partial charge on any atom is -0.327 e. The number of nitrogens with zero attached hydrogens (tertiary/aromatic N) is 1. The van der Waals surface area contributed by atoms with E-state index < -0.39 is 38.1 Å². The number of hydrogen-bond donors (Lipinski definition) is 2. The Morgan fingerprint density at radius 2 is 1.83 bits per heavy atom. The summed E-state index contributed by atoms with van der Waals surface area (Å²) in [5.41, 5.74) is -5.04. The number of allylic oxidation sites excluding steroid dienone is 1. The molecule has 0 saturated heterocycles. The summed E-state index contributed by atoms with van der Waals surface area (Å²) in [4.78, 5) is 11.4. The highest BCUT2D eigenvalue weighted by Crippen LogP contribution is 2.41. The number of carbonyl (C=O) groups is 1. The average Bonchev–Trinajstić information content (AvgIpc) is 2.70. The van der Waals surface area contributed by atoms with Crippen LogP contribution >= 0.6 is 0 Å². The van der Waals surface area contributed by atoms with Crippen molar-refractivity contribution >= 4 is 15.9 Å². The monoisotopic (exact) mass is 345 g/mol. The van der Waals surface area contributed by atoms with Crippen molar-refractivity contribution in [1.82, 2.24) is 10.0 Å². The van der Waals surface area contributed by atoms with Gasteiger partial charge in [0.25, 0.3) is 5.91 Å². The van der Waals surface area contributed by atoms with E-state index in [2.05, 4.69) is 0 Å². The van der Waals surface area contributed by atoms with E-state index in [1.165, 1.54) is 29.0 Å². The SMILES string of the molecule is CC1=C(C#N)[C@](NS(=O)(=O)c2ccccc2)(C(F)(F)F)C(=O)N1. The molecule has 0 aliphatic carbocycles. The van der Waals surface area contributed by atoms with Crippen molar-refractivity contribution in [3.8, 4) is 6.07 Å². The molecule has 1 amide bonds. The third kappa shape index (κ3) is 2.58. The van der Waals surface area contributed by atoms with Crippen LogP contribution < -0.4 is 10.0 Å². The molecule has 23 heavy (non-hydrogen) atoms. The fourth-order valence-corrected chi connectivity index (χ4v) is 3.52. The first-order valence-electron chi connectivity index (χ1n) is 6.15. The summed E-state index contributed by atoms with van der Waals surface area (Å²) < 4.78 is 66.5. The van der Waals surface area contributed by atoms with Gasteiger partial charge >= 0.3 is 6.18 Å². The Morgan fingerprint density at radius 3 is 2.30 bits per heavy atom. The number of nitriles is 1. The van der Waals surface area contributed by atoms with E-state index in [0.29, 0.717) is 0 Å². The highest BCUT2D eigenvalue weighted by atomic mass is 32.2. The molecular formula is C13H10F3N3O3S. The van der Waals surface area contributed by atoms with Crippen molar-refractivity contribution in [1.29, 1.82) is 5.26 Å². The molecule has 1 atom stereocenters. The molecule has 0 saturated carbocycles. The molecule has 1 aliphatic heterocycles. The fourth-order valence-electron chi connectivity index (χ4n) is 2.17. The van der Waals surface area contributed by atoms with Crippen LogP contribution in [0.5, 0.6) is 0 Å². The second-order valence-corrected chi connectivity index (χ2v) is 6.41. The van der Waals surface area contributed by atoms with Crippen LogP contribution in [0.3, 0.4) is 0 Å². The summed E-state index contributed by atoms with van der Waals surface area (Å²) in [6, 6.07) is 7.52. The first kappa shape index (κ1) is 17.0. The van der Waals surface area contributed by atoms with Gasteiger partial charge in [-0.1, -0.05) is 18.2 Å². The van der Waals surface area contributed by atoms with Crippen molar-refractivity contribution in [2.45, 2.75) is 23.5 Å². The van der Waals surface area contributed by atoms with Gasteiger partial charge in [0.15, 0.2) is 0 Å². The third-order valence-electron chi connectivity index (χ3n) is 3.27. The van der Waals surface area contributed by atoms with Gasteiger partial charge < -0.3 is 5.32 Å². The molecule has 6 nitrogen and oxygen atoms in total. The summed E-state index contributed by atoms with van der Waals surface area (Å²) >= 11 is 0. The van der Waals surface area contributed by atoms with Crippen molar-refractivity contribution in [3.05, 3.63) is 41.6 Å². The molecule has 1 heterocycles. The highest BCUT2D eigenvalue weighted by Gasteiger charge is 2.68. The molecule has 1 aromatic rings. The van der Waals surface area contributed by atoms with Gasteiger partial charge in [-0.2, -0.15) is 23.2 Å². The van der Waals surface area contributed by atoms with Gasteiger partial charge in [0.1, 0.15) is 0 Å². The summed E-state index contributed by atoms with van der Waals surface area (Å²) in [7, 11) is -4.70. The Labute approximate surface area is 129 Å². The van der Waals surface area contributed by atoms with Gasteiger partial charge in [-0.3, -0.25) is 4.79 Å². The predicted octanol–water partition coefficient (Wildman–Crippen LogP) is 1.19. The van der Waals surface area contributed by atoms with Crippen molar-refractivity contribution < 1.29 is 26.4 Å². The standard InChI is InChI=1S/C13H10F3N3O3S/c1-8-10(7-17)12(11(20)18-8,13(14,15)16)19-23(21,22)9-5-3-2-4-6-9/h2-6,19H,1H3,(H,18,20)/t12-/m1/s1. The maximum atomic E-state index is 13.5. The van der Waals surface area contributed by atoms with Gasteiger partial charge in [-0.05, 0) is 19.1 Å². The molecule has 10 heteroatoms. The zero-order valence-corrected chi connectivity index (χ0v) is 12.4. The Bertz CT molecular complexity index is 826. The van der Waals surface area contributed by atoms with E-state index in [1.54, 1.807) is 0 Å². The Hall–Kier alpha value is -2.38. The van der Waals surface area contributed by atoms with Crippen LogP contribution in [-0.4, -0.2) is 26.0 Å². The molecule has 0 fully saturated rings. The summed E-state index contributed by atoms with van der Waals surface area (Å²) in [5.74, 6) is -1.67. The van der Waals surface area contributed by atoms with E-state index in [-0.39, 0.29) is 5.70 Å². The van der Waals surface area contributed by atoms with Gasteiger partial charge in [-0.25, -0.2) is 8.42 Å². The summed E-state index contributed by atoms with van der Waals surface area (Å²) in [6.07, 6.45) is -5.35. The average molecular weight is 345 g/mol. The van der Waals surface area contributed by atoms with Crippen molar-refractivity contribution in [3.63, 3.8) is 0 Å². The molecule has 1 aromatic carbocycles. The predicted molar refractivity (Wildman–Crippen MR) is 72.0 cm³/mol. The first-order chi connectivity index (χ1) is 10.6. The van der Waals surface area contributed by atoms with Crippen LogP contribution in [0, 0.1) is 11.3 Å². The van der Waals surface area contributed by atoms with E-state index in [4.69, 9.17) is 5.26 Å². The van der Waals surface area contributed by atoms with Crippen molar-refractivity contribution in [2.24, 2.45) is 0 Å². The van der Waals surface area contributed by atoms with Gasteiger partial charge in [-0.15, -0.1) is 0 Å². The maximum absolute atomic E-state index is 13.5. The second-order valence-electron chi connectivity index (χ2n) is 4.73. The molecule has 0 spiro atoms. The summed E-state index contributed by atoms with van der Waals surface area (Å²) in [6.45, 7) is 1.08. The van der Waals surface area contributed by atoms with E-state index in [1.807, 2.05) is 5.32 Å². The largest absolute Gasteiger partial charge is 0.421 e. The number of sulfonamides is 1. The lowest BCUT2D eigenvalue weighted by atomic mass is 9.92. The summed E-state index contributed by atoms with van der Waals surface area (Å²) in [5, 5.41) is 10.8. The number of benzene rings is 1. The van der Waals surface area contributed by atoms with Crippen LogP contribution in [0.2, 0.25) is 0 Å². The lowest BCUT2D eigenvalue weighted by molar-refractivity contribution is -0.183. The highest BCUT2D eigenvalue weighted by molar-refractivity contribution is 7.89. The number of hydrogen-bond acceptors (Lipinski definition) is 4. The maximum Gasteiger partial charge on any atom is 0.421 e. The topological polar surface area (TPSA) is 99.1 Å². The normalized spacial score (nSPS) is 22.0. The minimum atomic E-state index is -5.35. The van der Waals surface area contributed by atoms with Crippen LogP contribution in [0.25, 0.3) is 0 Å². The van der Waals surface area contributed by atoms with Gasteiger partial charge in [0.05, 0.1) is 16.5 Å². The number of alkyl halides is 3. The quantitative estimate of drug-likeness (QED) is 0.860. The van der Waals surface area contributed by atoms with E-state index >= 15 is 0 Å². The zero-order valence-electron chi connectivity index (χ0n) is 11.6. The second kappa shape index (κ2) is 5.36. The number of rotatable bonds is 3. The van der Waals surface area contributed by atoms with Crippen LogP contribution in [0.4, 0.5) is 13.2 Å². The molecule has 2 N–H and O–H groups in total. The molecule has 1 aliphatic rings. The lowest BCUT2D eigenvalue weighted by Gasteiger charge is -2.30.